The minimum atomic E-state index is -0.897. The number of aliphatic carboxylic acids is 1. The molecule has 7 heteroatoms. The highest BCUT2D eigenvalue weighted by Gasteiger charge is 2.36. The maximum Gasteiger partial charge on any atom is 0.308 e. The van der Waals surface area contributed by atoms with Crippen LogP contribution in [0.5, 0.6) is 0 Å². The van der Waals surface area contributed by atoms with Crippen LogP contribution >= 0.6 is 0 Å². The standard InChI is InChI=1S/C20H26N2O5/c1-13-2-4-16(5-3-13)22-12-15(10-18(22)23)19(24)21-11-17(20(25)26)14-6-8-27-9-7-14/h2-5,14-15,17H,6-12H2,1H3,(H,21,24)(H,25,26). The third kappa shape index (κ3) is 4.66. The van der Waals surface area contributed by atoms with Crippen molar-refractivity contribution in [3.05, 3.63) is 29.8 Å². The molecule has 0 bridgehead atoms. The number of carbonyl (C=O) groups is 3. The fourth-order valence-electron chi connectivity index (χ4n) is 3.79. The molecule has 1 aromatic carbocycles. The van der Waals surface area contributed by atoms with Gasteiger partial charge in [-0.3, -0.25) is 14.4 Å². The van der Waals surface area contributed by atoms with E-state index in [4.69, 9.17) is 4.74 Å². The van der Waals surface area contributed by atoms with Crippen molar-refractivity contribution in [1.29, 1.82) is 0 Å². The van der Waals surface area contributed by atoms with Crippen molar-refractivity contribution in [3.63, 3.8) is 0 Å². The molecule has 2 aliphatic heterocycles. The van der Waals surface area contributed by atoms with Crippen molar-refractivity contribution < 1.29 is 24.2 Å². The number of carbonyl (C=O) groups excluding carboxylic acids is 2. The Balaban J connectivity index is 1.56. The summed E-state index contributed by atoms with van der Waals surface area (Å²) in [6.07, 6.45) is 1.53. The molecule has 27 heavy (non-hydrogen) atoms. The van der Waals surface area contributed by atoms with Gasteiger partial charge in [0, 0.05) is 38.4 Å². The molecule has 2 amide bonds. The van der Waals surface area contributed by atoms with Gasteiger partial charge in [-0.1, -0.05) is 17.7 Å². The van der Waals surface area contributed by atoms with E-state index in [1.807, 2.05) is 31.2 Å². The molecule has 0 radical (unpaired) electrons. The molecule has 1 aromatic rings. The summed E-state index contributed by atoms with van der Waals surface area (Å²) in [4.78, 5) is 38.0. The van der Waals surface area contributed by atoms with E-state index < -0.39 is 17.8 Å². The van der Waals surface area contributed by atoms with Crippen LogP contribution in [0.1, 0.15) is 24.8 Å². The van der Waals surface area contributed by atoms with E-state index in [9.17, 15) is 19.5 Å². The molecule has 3 rings (SSSR count). The lowest BCUT2D eigenvalue weighted by molar-refractivity contribution is -0.145. The second kappa shape index (κ2) is 8.52. The molecule has 2 heterocycles. The van der Waals surface area contributed by atoms with Crippen LogP contribution < -0.4 is 10.2 Å². The van der Waals surface area contributed by atoms with E-state index in [2.05, 4.69) is 5.32 Å². The Kier molecular flexibility index (Phi) is 6.11. The average molecular weight is 374 g/mol. The van der Waals surface area contributed by atoms with Crippen LogP contribution in [0.3, 0.4) is 0 Å². The number of carboxylic acids is 1. The fourth-order valence-corrected chi connectivity index (χ4v) is 3.79. The summed E-state index contributed by atoms with van der Waals surface area (Å²) in [5.41, 5.74) is 1.89. The van der Waals surface area contributed by atoms with Gasteiger partial charge in [0.1, 0.15) is 0 Å². The fraction of sp³-hybridized carbons (Fsp3) is 0.550. The van der Waals surface area contributed by atoms with Crippen molar-refractivity contribution in [1.82, 2.24) is 5.32 Å². The number of anilines is 1. The first-order valence-corrected chi connectivity index (χ1v) is 9.41. The molecule has 0 aromatic heterocycles. The van der Waals surface area contributed by atoms with Crippen LogP contribution in [-0.4, -0.2) is 49.2 Å². The topological polar surface area (TPSA) is 95.9 Å². The SMILES string of the molecule is Cc1ccc(N2CC(C(=O)NCC(C(=O)O)C3CCOCC3)CC2=O)cc1. The zero-order valence-corrected chi connectivity index (χ0v) is 15.5. The van der Waals surface area contributed by atoms with Crippen molar-refractivity contribution in [2.24, 2.45) is 17.8 Å². The van der Waals surface area contributed by atoms with Gasteiger partial charge < -0.3 is 20.1 Å². The Bertz CT molecular complexity index is 697. The van der Waals surface area contributed by atoms with Crippen molar-refractivity contribution in [3.8, 4) is 0 Å². The lowest BCUT2D eigenvalue weighted by atomic mass is 9.86. The quantitative estimate of drug-likeness (QED) is 0.788. The number of hydrogen-bond acceptors (Lipinski definition) is 4. The van der Waals surface area contributed by atoms with Crippen LogP contribution in [0.2, 0.25) is 0 Å². The molecule has 146 valence electrons. The minimum Gasteiger partial charge on any atom is -0.481 e. The Morgan fingerprint density at radius 1 is 1.26 bits per heavy atom. The van der Waals surface area contributed by atoms with Crippen molar-refractivity contribution >= 4 is 23.5 Å². The summed E-state index contributed by atoms with van der Waals surface area (Å²) in [7, 11) is 0. The number of carboxylic acid groups (broad SMARTS) is 1. The van der Waals surface area contributed by atoms with Crippen LogP contribution in [-0.2, 0) is 19.1 Å². The number of nitrogens with zero attached hydrogens (tertiary/aromatic N) is 1. The van der Waals surface area contributed by atoms with E-state index in [0.717, 1.165) is 11.3 Å². The molecule has 0 spiro atoms. The predicted octanol–water partition coefficient (Wildman–Crippen LogP) is 1.59. The molecule has 2 N–H and O–H groups in total. The third-order valence-corrected chi connectivity index (χ3v) is 5.49. The maximum absolute atomic E-state index is 12.5. The second-order valence-corrected chi connectivity index (χ2v) is 7.38. The first-order chi connectivity index (χ1) is 13.0. The molecule has 2 unspecified atom stereocenters. The number of rotatable bonds is 6. The monoisotopic (exact) mass is 374 g/mol. The number of nitrogens with one attached hydrogen (secondary N) is 1. The first-order valence-electron chi connectivity index (χ1n) is 9.41. The molecular formula is C20H26N2O5. The molecule has 0 aliphatic carbocycles. The Labute approximate surface area is 158 Å². The number of amides is 2. The number of hydrogen-bond donors (Lipinski definition) is 2. The molecule has 0 saturated carbocycles. The lowest BCUT2D eigenvalue weighted by Crippen LogP contribution is -2.41. The first kappa shape index (κ1) is 19.4. The number of benzene rings is 1. The van der Waals surface area contributed by atoms with E-state index in [0.29, 0.717) is 32.6 Å². The van der Waals surface area contributed by atoms with Crippen LogP contribution in [0, 0.1) is 24.7 Å². The van der Waals surface area contributed by atoms with Gasteiger partial charge in [-0.25, -0.2) is 0 Å². The summed E-state index contributed by atoms with van der Waals surface area (Å²) in [5.74, 6) is -2.31. The highest BCUT2D eigenvalue weighted by Crippen LogP contribution is 2.26. The third-order valence-electron chi connectivity index (χ3n) is 5.49. The van der Waals surface area contributed by atoms with Gasteiger partial charge in [-0.15, -0.1) is 0 Å². The van der Waals surface area contributed by atoms with Gasteiger partial charge in [0.15, 0.2) is 0 Å². The Hall–Kier alpha value is -2.41. The summed E-state index contributed by atoms with van der Waals surface area (Å²) < 4.78 is 5.29. The van der Waals surface area contributed by atoms with Crippen LogP contribution in [0.4, 0.5) is 5.69 Å². The van der Waals surface area contributed by atoms with Crippen molar-refractivity contribution in [2.45, 2.75) is 26.2 Å². The van der Waals surface area contributed by atoms with Crippen LogP contribution in [0.25, 0.3) is 0 Å². The molecule has 2 saturated heterocycles. The van der Waals surface area contributed by atoms with Gasteiger partial charge in [0.05, 0.1) is 11.8 Å². The summed E-state index contributed by atoms with van der Waals surface area (Å²) in [6, 6.07) is 7.61. The van der Waals surface area contributed by atoms with E-state index >= 15 is 0 Å². The molecule has 7 nitrogen and oxygen atoms in total. The van der Waals surface area contributed by atoms with Gasteiger partial charge in [-0.2, -0.15) is 0 Å². The number of aryl methyl sites for hydroxylation is 1. The normalized spacial score (nSPS) is 21.9. The zero-order chi connectivity index (χ0) is 19.4. The number of ether oxygens (including phenoxy) is 1. The van der Waals surface area contributed by atoms with E-state index in [1.54, 1.807) is 4.90 Å². The molecule has 2 fully saturated rings. The zero-order valence-electron chi connectivity index (χ0n) is 15.5. The summed E-state index contributed by atoms with van der Waals surface area (Å²) >= 11 is 0. The minimum absolute atomic E-state index is 0.00539. The second-order valence-electron chi connectivity index (χ2n) is 7.38. The van der Waals surface area contributed by atoms with Crippen molar-refractivity contribution in [2.75, 3.05) is 31.2 Å². The Morgan fingerprint density at radius 3 is 2.56 bits per heavy atom. The van der Waals surface area contributed by atoms with Gasteiger partial charge >= 0.3 is 5.97 Å². The predicted molar refractivity (Wildman–Crippen MR) is 99.3 cm³/mol. The molecular weight excluding hydrogens is 348 g/mol. The lowest BCUT2D eigenvalue weighted by Gasteiger charge is -2.28. The van der Waals surface area contributed by atoms with E-state index in [1.165, 1.54) is 0 Å². The summed E-state index contributed by atoms with van der Waals surface area (Å²) in [5, 5.41) is 12.3. The highest BCUT2D eigenvalue weighted by atomic mass is 16.5. The largest absolute Gasteiger partial charge is 0.481 e. The van der Waals surface area contributed by atoms with Gasteiger partial charge in [0.25, 0.3) is 0 Å². The van der Waals surface area contributed by atoms with Crippen LogP contribution in [0.15, 0.2) is 24.3 Å². The van der Waals surface area contributed by atoms with Gasteiger partial charge in [0.2, 0.25) is 11.8 Å². The molecule has 2 aliphatic rings. The average Bonchev–Trinajstić information content (AvgIpc) is 3.05. The molecule has 2 atom stereocenters. The maximum atomic E-state index is 12.5. The highest BCUT2D eigenvalue weighted by molar-refractivity contribution is 6.00. The van der Waals surface area contributed by atoms with Gasteiger partial charge in [-0.05, 0) is 37.8 Å². The van der Waals surface area contributed by atoms with E-state index in [-0.39, 0.29) is 30.7 Å². The summed E-state index contributed by atoms with van der Waals surface area (Å²) in [6.45, 7) is 3.51. The smallest absolute Gasteiger partial charge is 0.308 e. The Morgan fingerprint density at radius 2 is 1.93 bits per heavy atom.